The van der Waals surface area contributed by atoms with E-state index >= 15 is 0 Å². The van der Waals surface area contributed by atoms with Gasteiger partial charge in [0, 0.05) is 18.6 Å². The summed E-state index contributed by atoms with van der Waals surface area (Å²) in [5.41, 5.74) is 1.41. The maximum atomic E-state index is 12.0. The first-order valence-corrected chi connectivity index (χ1v) is 6.40. The lowest BCUT2D eigenvalue weighted by atomic mass is 10.2. The number of nitrogens with one attached hydrogen (secondary N) is 2. The van der Waals surface area contributed by atoms with Crippen LogP contribution in [0.4, 0.5) is 5.82 Å². The molecule has 0 saturated heterocycles. The van der Waals surface area contributed by atoms with E-state index in [4.69, 9.17) is 0 Å². The third kappa shape index (κ3) is 2.84. The van der Waals surface area contributed by atoms with E-state index in [1.54, 1.807) is 36.7 Å². The van der Waals surface area contributed by atoms with Crippen molar-refractivity contribution in [2.75, 3.05) is 12.4 Å². The number of nitrogens with zero attached hydrogens (tertiary/aromatic N) is 2. The predicted octanol–water partition coefficient (Wildman–Crippen LogP) is 1.82. The van der Waals surface area contributed by atoms with Gasteiger partial charge in [-0.25, -0.2) is 9.97 Å². The molecule has 1 amide bonds. The molecule has 2 aromatic rings. The molecule has 94 valence electrons. The van der Waals surface area contributed by atoms with Gasteiger partial charge >= 0.3 is 0 Å². The molecular weight excluding hydrogens is 248 g/mol. The standard InChI is InChI=1S/C12H14N4OS/c1-8-16-9(7-18-8)6-15-12(17)10-4-3-5-14-11(10)13-2/h3-5,7H,6H2,1-2H3,(H,13,14)(H,15,17). The van der Waals surface area contributed by atoms with Gasteiger partial charge in [0.05, 0.1) is 22.8 Å². The first kappa shape index (κ1) is 12.5. The van der Waals surface area contributed by atoms with Crippen LogP contribution in [-0.2, 0) is 6.54 Å². The molecular formula is C12H14N4OS. The number of thiazole rings is 1. The molecule has 0 aliphatic carbocycles. The van der Waals surface area contributed by atoms with Crippen molar-refractivity contribution >= 4 is 23.1 Å². The van der Waals surface area contributed by atoms with Crippen LogP contribution in [0, 0.1) is 6.92 Å². The number of hydrogen-bond acceptors (Lipinski definition) is 5. The highest BCUT2D eigenvalue weighted by Gasteiger charge is 2.11. The highest BCUT2D eigenvalue weighted by molar-refractivity contribution is 7.09. The minimum absolute atomic E-state index is 0.155. The Bertz CT molecular complexity index is 553. The SMILES string of the molecule is CNc1ncccc1C(=O)NCc1csc(C)n1. The van der Waals surface area contributed by atoms with Crippen molar-refractivity contribution < 1.29 is 4.79 Å². The van der Waals surface area contributed by atoms with Crippen molar-refractivity contribution in [2.45, 2.75) is 13.5 Å². The van der Waals surface area contributed by atoms with Crippen LogP contribution < -0.4 is 10.6 Å². The summed E-state index contributed by atoms with van der Waals surface area (Å²) in [6, 6.07) is 3.48. The Hall–Kier alpha value is -1.95. The van der Waals surface area contributed by atoms with Crippen molar-refractivity contribution in [3.8, 4) is 0 Å². The average molecular weight is 262 g/mol. The highest BCUT2D eigenvalue weighted by atomic mass is 32.1. The second kappa shape index (κ2) is 5.59. The van der Waals surface area contributed by atoms with Crippen molar-refractivity contribution in [3.05, 3.63) is 40.0 Å². The lowest BCUT2D eigenvalue weighted by Crippen LogP contribution is -2.24. The van der Waals surface area contributed by atoms with E-state index in [9.17, 15) is 4.79 Å². The molecule has 6 heteroatoms. The Balaban J connectivity index is 2.03. The Morgan fingerprint density at radius 2 is 2.33 bits per heavy atom. The average Bonchev–Trinajstić information content (AvgIpc) is 2.81. The van der Waals surface area contributed by atoms with Gasteiger partial charge in [-0.2, -0.15) is 0 Å². The third-order valence-electron chi connectivity index (χ3n) is 2.39. The van der Waals surface area contributed by atoms with Gasteiger partial charge in [0.15, 0.2) is 0 Å². The zero-order chi connectivity index (χ0) is 13.0. The quantitative estimate of drug-likeness (QED) is 0.882. The summed E-state index contributed by atoms with van der Waals surface area (Å²) < 4.78 is 0. The maximum absolute atomic E-state index is 12.0. The summed E-state index contributed by atoms with van der Waals surface area (Å²) in [5, 5.41) is 8.66. The van der Waals surface area contributed by atoms with Crippen LogP contribution in [0.1, 0.15) is 21.1 Å². The Morgan fingerprint density at radius 1 is 1.50 bits per heavy atom. The Kier molecular flexibility index (Phi) is 3.88. The summed E-state index contributed by atoms with van der Waals surface area (Å²) >= 11 is 1.57. The van der Waals surface area contributed by atoms with Gasteiger partial charge in [-0.3, -0.25) is 4.79 Å². The molecule has 0 aliphatic rings. The summed E-state index contributed by atoms with van der Waals surface area (Å²) in [6.07, 6.45) is 1.65. The van der Waals surface area contributed by atoms with Crippen molar-refractivity contribution in [1.29, 1.82) is 0 Å². The molecule has 2 aromatic heterocycles. The van der Waals surface area contributed by atoms with Crippen molar-refractivity contribution in [1.82, 2.24) is 15.3 Å². The van der Waals surface area contributed by atoms with Crippen LogP contribution in [-0.4, -0.2) is 22.9 Å². The molecule has 2 rings (SSSR count). The van der Waals surface area contributed by atoms with Crippen LogP contribution in [0.3, 0.4) is 0 Å². The van der Waals surface area contributed by atoms with Gasteiger partial charge in [0.2, 0.25) is 0 Å². The Labute approximate surface area is 109 Å². The number of anilines is 1. The largest absolute Gasteiger partial charge is 0.372 e. The number of pyridine rings is 1. The van der Waals surface area contributed by atoms with Crippen LogP contribution in [0.2, 0.25) is 0 Å². The zero-order valence-electron chi connectivity index (χ0n) is 10.2. The summed E-state index contributed by atoms with van der Waals surface area (Å²) in [4.78, 5) is 20.4. The number of rotatable bonds is 4. The molecule has 0 unspecified atom stereocenters. The van der Waals surface area contributed by atoms with Crippen LogP contribution in [0.15, 0.2) is 23.7 Å². The number of aromatic nitrogens is 2. The molecule has 0 saturated carbocycles. The van der Waals surface area contributed by atoms with Gasteiger partial charge in [-0.15, -0.1) is 11.3 Å². The molecule has 5 nitrogen and oxygen atoms in total. The number of carbonyl (C=O) groups excluding carboxylic acids is 1. The molecule has 0 bridgehead atoms. The van der Waals surface area contributed by atoms with Crippen LogP contribution in [0.5, 0.6) is 0 Å². The fraction of sp³-hybridized carbons (Fsp3) is 0.250. The molecule has 2 heterocycles. The van der Waals surface area contributed by atoms with E-state index in [0.717, 1.165) is 10.7 Å². The van der Waals surface area contributed by atoms with Crippen molar-refractivity contribution in [2.24, 2.45) is 0 Å². The number of aryl methyl sites for hydroxylation is 1. The minimum Gasteiger partial charge on any atom is -0.372 e. The molecule has 2 N–H and O–H groups in total. The number of carbonyl (C=O) groups is 1. The van der Waals surface area contributed by atoms with Crippen LogP contribution >= 0.6 is 11.3 Å². The summed E-state index contributed by atoms with van der Waals surface area (Å²) in [6.45, 7) is 2.37. The molecule has 0 fully saturated rings. The Morgan fingerprint density at radius 3 is 3.00 bits per heavy atom. The van der Waals surface area contributed by atoms with Crippen molar-refractivity contribution in [3.63, 3.8) is 0 Å². The minimum atomic E-state index is -0.155. The fourth-order valence-corrected chi connectivity index (χ4v) is 2.16. The van der Waals surface area contributed by atoms with Gasteiger partial charge < -0.3 is 10.6 Å². The lowest BCUT2D eigenvalue weighted by molar-refractivity contribution is 0.0951. The fourth-order valence-electron chi connectivity index (χ4n) is 1.54. The molecule has 0 aromatic carbocycles. The predicted molar refractivity (Wildman–Crippen MR) is 71.8 cm³/mol. The summed E-state index contributed by atoms with van der Waals surface area (Å²) in [7, 11) is 1.74. The van der Waals surface area contributed by atoms with Crippen LogP contribution in [0.25, 0.3) is 0 Å². The molecule has 0 spiro atoms. The number of hydrogen-bond donors (Lipinski definition) is 2. The number of amides is 1. The zero-order valence-corrected chi connectivity index (χ0v) is 11.0. The van der Waals surface area contributed by atoms with Gasteiger partial charge in [-0.05, 0) is 19.1 Å². The maximum Gasteiger partial charge on any atom is 0.255 e. The van der Waals surface area contributed by atoms with E-state index in [2.05, 4.69) is 20.6 Å². The second-order valence-corrected chi connectivity index (χ2v) is 4.75. The molecule has 0 aliphatic heterocycles. The normalized spacial score (nSPS) is 10.1. The second-order valence-electron chi connectivity index (χ2n) is 3.69. The van der Waals surface area contributed by atoms with E-state index in [-0.39, 0.29) is 5.91 Å². The monoisotopic (exact) mass is 262 g/mol. The first-order chi connectivity index (χ1) is 8.70. The molecule has 18 heavy (non-hydrogen) atoms. The van der Waals surface area contributed by atoms with Gasteiger partial charge in [0.1, 0.15) is 5.82 Å². The topological polar surface area (TPSA) is 66.9 Å². The van der Waals surface area contributed by atoms with E-state index in [1.807, 2.05) is 12.3 Å². The van der Waals surface area contributed by atoms with E-state index < -0.39 is 0 Å². The smallest absolute Gasteiger partial charge is 0.255 e. The summed E-state index contributed by atoms with van der Waals surface area (Å²) in [5.74, 6) is 0.419. The van der Waals surface area contributed by atoms with Gasteiger partial charge in [-0.1, -0.05) is 0 Å². The van der Waals surface area contributed by atoms with E-state index in [1.165, 1.54) is 0 Å². The van der Waals surface area contributed by atoms with E-state index in [0.29, 0.717) is 17.9 Å². The highest BCUT2D eigenvalue weighted by Crippen LogP contribution is 2.11. The lowest BCUT2D eigenvalue weighted by Gasteiger charge is -2.07. The molecule has 0 atom stereocenters. The first-order valence-electron chi connectivity index (χ1n) is 5.52. The van der Waals surface area contributed by atoms with Gasteiger partial charge in [0.25, 0.3) is 5.91 Å². The third-order valence-corrected chi connectivity index (χ3v) is 3.21. The molecule has 0 radical (unpaired) electrons.